The van der Waals surface area contributed by atoms with E-state index >= 15 is 0 Å². The van der Waals surface area contributed by atoms with Crippen LogP contribution in [0.5, 0.6) is 0 Å². The Morgan fingerprint density at radius 3 is 1.68 bits per heavy atom. The number of aryl methyl sites for hydroxylation is 3. The maximum Gasteiger partial charge on any atom is 0.294 e. The number of hydrogen-bond acceptors (Lipinski definition) is 2. The third-order valence-corrected chi connectivity index (χ3v) is 3.33. The van der Waals surface area contributed by atoms with E-state index < -0.39 is 10.1 Å². The molecule has 0 unspecified atom stereocenters. The molecule has 0 saturated carbocycles. The lowest BCUT2D eigenvalue weighted by molar-refractivity contribution is -0.671. The van der Waals surface area contributed by atoms with Crippen molar-refractivity contribution < 1.29 is 17.5 Å². The van der Waals surface area contributed by atoms with Crippen molar-refractivity contribution in [2.75, 3.05) is 0 Å². The normalized spacial score (nSPS) is 10.5. The van der Waals surface area contributed by atoms with E-state index in [1.165, 1.54) is 17.7 Å². The van der Waals surface area contributed by atoms with Gasteiger partial charge >= 0.3 is 0 Å². The fourth-order valence-corrected chi connectivity index (χ4v) is 1.77. The van der Waals surface area contributed by atoms with Gasteiger partial charge in [0.05, 0.1) is 4.90 Å². The molecule has 0 aliphatic carbocycles. The van der Waals surface area contributed by atoms with E-state index in [-0.39, 0.29) is 4.90 Å². The van der Waals surface area contributed by atoms with Gasteiger partial charge in [-0.3, -0.25) is 4.55 Å². The number of benzene rings is 1. The van der Waals surface area contributed by atoms with Gasteiger partial charge in [-0.25, -0.2) is 4.57 Å². The molecular formula is C14H18NO3S+. The van der Waals surface area contributed by atoms with Crippen molar-refractivity contribution in [3.05, 3.63) is 59.9 Å². The minimum Gasteiger partial charge on any atom is -0.282 e. The van der Waals surface area contributed by atoms with Crippen LogP contribution in [0.2, 0.25) is 0 Å². The molecule has 0 amide bonds. The van der Waals surface area contributed by atoms with Crippen LogP contribution in [0.3, 0.4) is 0 Å². The molecule has 0 saturated heterocycles. The van der Waals surface area contributed by atoms with Gasteiger partial charge in [-0.05, 0) is 31.5 Å². The first kappa shape index (κ1) is 15.3. The number of nitrogens with zero attached hydrogens (tertiary/aromatic N) is 1. The second-order valence-electron chi connectivity index (χ2n) is 4.33. The van der Waals surface area contributed by atoms with Gasteiger partial charge in [0.2, 0.25) is 0 Å². The van der Waals surface area contributed by atoms with Crippen molar-refractivity contribution in [2.45, 2.75) is 18.7 Å². The Bertz CT molecular complexity index is 596. The molecule has 0 aliphatic heterocycles. The first-order valence-corrected chi connectivity index (χ1v) is 7.19. The molecule has 4 nitrogen and oxygen atoms in total. The fraction of sp³-hybridized carbons (Fsp3) is 0.214. The Morgan fingerprint density at radius 1 is 0.895 bits per heavy atom. The van der Waals surface area contributed by atoms with Gasteiger partial charge in [0.15, 0.2) is 12.4 Å². The lowest BCUT2D eigenvalue weighted by Crippen LogP contribution is -2.25. The quantitative estimate of drug-likeness (QED) is 0.642. The van der Waals surface area contributed by atoms with Crippen LogP contribution in [0.15, 0.2) is 53.7 Å². The molecule has 1 N–H and O–H groups in total. The first-order valence-electron chi connectivity index (χ1n) is 5.75. The molecule has 19 heavy (non-hydrogen) atoms. The third kappa shape index (κ3) is 5.63. The summed E-state index contributed by atoms with van der Waals surface area (Å²) >= 11 is 0. The summed E-state index contributed by atoms with van der Waals surface area (Å²) in [4.78, 5) is -0.0666. The fourth-order valence-electron chi connectivity index (χ4n) is 1.29. The van der Waals surface area contributed by atoms with Crippen LogP contribution in [-0.4, -0.2) is 13.0 Å². The largest absolute Gasteiger partial charge is 0.294 e. The molecule has 102 valence electrons. The molecule has 0 aliphatic rings. The Kier molecular flexibility index (Phi) is 5.20. The third-order valence-electron chi connectivity index (χ3n) is 2.46. The van der Waals surface area contributed by atoms with E-state index in [9.17, 15) is 8.42 Å². The highest BCUT2D eigenvalue weighted by Gasteiger charge is 2.06. The Balaban J connectivity index is 0.000000200. The van der Waals surface area contributed by atoms with Crippen molar-refractivity contribution in [1.29, 1.82) is 0 Å². The summed E-state index contributed by atoms with van der Waals surface area (Å²) < 4.78 is 31.6. The van der Waals surface area contributed by atoms with E-state index in [2.05, 4.69) is 19.1 Å². The van der Waals surface area contributed by atoms with Gasteiger partial charge in [0, 0.05) is 12.1 Å². The molecule has 2 rings (SSSR count). The van der Waals surface area contributed by atoms with Crippen molar-refractivity contribution in [3.8, 4) is 0 Å². The van der Waals surface area contributed by atoms with Gasteiger partial charge < -0.3 is 0 Å². The van der Waals surface area contributed by atoms with Gasteiger partial charge in [0.25, 0.3) is 10.1 Å². The molecule has 1 aromatic heterocycles. The second-order valence-corrected chi connectivity index (χ2v) is 5.75. The number of aromatic nitrogens is 1. The van der Waals surface area contributed by atoms with Crippen molar-refractivity contribution in [3.63, 3.8) is 0 Å². The summed E-state index contributed by atoms with van der Waals surface area (Å²) in [5.74, 6) is 0. The summed E-state index contributed by atoms with van der Waals surface area (Å²) in [6.45, 7) is 3.92. The van der Waals surface area contributed by atoms with Gasteiger partial charge in [-0.15, -0.1) is 0 Å². The summed E-state index contributed by atoms with van der Waals surface area (Å²) in [6, 6.07) is 10.2. The van der Waals surface area contributed by atoms with Crippen LogP contribution in [0.1, 0.15) is 11.1 Å². The maximum atomic E-state index is 10.5. The molecule has 1 heterocycles. The smallest absolute Gasteiger partial charge is 0.282 e. The van der Waals surface area contributed by atoms with Gasteiger partial charge in [-0.1, -0.05) is 17.7 Å². The highest BCUT2D eigenvalue weighted by Crippen LogP contribution is 2.08. The SMILES string of the molecule is Cc1cc[n+](C)cc1.Cc1ccc(S(=O)(=O)O)cc1. The minimum absolute atomic E-state index is 0.0666. The zero-order chi connectivity index (χ0) is 14.5. The highest BCUT2D eigenvalue weighted by molar-refractivity contribution is 7.85. The predicted molar refractivity (Wildman–Crippen MR) is 73.3 cm³/mol. The molecule has 0 spiro atoms. The molecule has 1 aromatic carbocycles. The van der Waals surface area contributed by atoms with E-state index in [0.29, 0.717) is 0 Å². The van der Waals surface area contributed by atoms with Gasteiger partial charge in [-0.2, -0.15) is 8.42 Å². The van der Waals surface area contributed by atoms with Crippen molar-refractivity contribution in [2.24, 2.45) is 7.05 Å². The first-order chi connectivity index (χ1) is 8.79. The van der Waals surface area contributed by atoms with Crippen molar-refractivity contribution in [1.82, 2.24) is 0 Å². The zero-order valence-electron chi connectivity index (χ0n) is 11.2. The van der Waals surface area contributed by atoms with Gasteiger partial charge in [0.1, 0.15) is 7.05 Å². The highest BCUT2D eigenvalue weighted by atomic mass is 32.2. The van der Waals surface area contributed by atoms with Crippen LogP contribution < -0.4 is 4.57 Å². The minimum atomic E-state index is -4.02. The molecular weight excluding hydrogens is 262 g/mol. The second kappa shape index (κ2) is 6.45. The summed E-state index contributed by atoms with van der Waals surface area (Å²) in [5, 5.41) is 0. The molecule has 5 heteroatoms. The lowest BCUT2D eigenvalue weighted by atomic mass is 10.2. The van der Waals surface area contributed by atoms with Crippen LogP contribution in [-0.2, 0) is 17.2 Å². The average molecular weight is 280 g/mol. The molecule has 2 aromatic rings. The molecule has 0 bridgehead atoms. The van der Waals surface area contributed by atoms with E-state index in [1.807, 2.05) is 30.9 Å². The van der Waals surface area contributed by atoms with Crippen LogP contribution in [0, 0.1) is 13.8 Å². The summed E-state index contributed by atoms with van der Waals surface area (Å²) in [5.41, 5.74) is 2.26. The Hall–Kier alpha value is -1.72. The average Bonchev–Trinajstić information content (AvgIpc) is 2.33. The lowest BCUT2D eigenvalue weighted by Gasteiger charge is -1.95. The summed E-state index contributed by atoms with van der Waals surface area (Å²) in [6.07, 6.45) is 4.07. The Labute approximate surface area is 114 Å². The monoisotopic (exact) mass is 280 g/mol. The maximum absolute atomic E-state index is 10.5. The molecule has 0 fully saturated rings. The van der Waals surface area contributed by atoms with Crippen LogP contribution >= 0.6 is 0 Å². The standard InChI is InChI=1S/C7H10N.C7H8O3S/c1-7-3-5-8(2)6-4-7;1-6-2-4-7(5-3-6)11(8,9)10/h3-6H,1-2H3;2-5H,1H3,(H,8,9,10)/q+1;. The van der Waals surface area contributed by atoms with Crippen molar-refractivity contribution >= 4 is 10.1 Å². The van der Waals surface area contributed by atoms with E-state index in [1.54, 1.807) is 12.1 Å². The number of rotatable bonds is 1. The number of hydrogen-bond donors (Lipinski definition) is 1. The predicted octanol–water partition coefficient (Wildman–Crippen LogP) is 2.06. The van der Waals surface area contributed by atoms with E-state index in [4.69, 9.17) is 4.55 Å². The topological polar surface area (TPSA) is 58.2 Å². The van der Waals surface area contributed by atoms with E-state index in [0.717, 1.165) is 5.56 Å². The Morgan fingerprint density at radius 2 is 1.32 bits per heavy atom. The number of pyridine rings is 1. The summed E-state index contributed by atoms with van der Waals surface area (Å²) in [7, 11) is -2.01. The van der Waals surface area contributed by atoms with Crippen LogP contribution in [0.4, 0.5) is 0 Å². The zero-order valence-corrected chi connectivity index (χ0v) is 12.1. The molecule has 0 atom stereocenters. The van der Waals surface area contributed by atoms with Crippen LogP contribution in [0.25, 0.3) is 0 Å². The molecule has 0 radical (unpaired) electrons.